The van der Waals surface area contributed by atoms with E-state index in [4.69, 9.17) is 23.2 Å². The van der Waals surface area contributed by atoms with Crippen molar-refractivity contribution < 1.29 is 4.79 Å². The van der Waals surface area contributed by atoms with Gasteiger partial charge in [-0.1, -0.05) is 41.0 Å². The number of carbonyl (C=O) groups is 1. The van der Waals surface area contributed by atoms with E-state index in [-0.39, 0.29) is 5.91 Å². The number of benzene rings is 1. The molecule has 0 saturated heterocycles. The Balaban J connectivity index is 1.66. The van der Waals surface area contributed by atoms with E-state index in [2.05, 4.69) is 15.2 Å². The number of amides is 1. The number of amidine groups is 1. The average Bonchev–Trinajstić information content (AvgIpc) is 3.00. The minimum Gasteiger partial charge on any atom is -0.324 e. The molecule has 1 amide bonds. The molecule has 0 aromatic heterocycles. The number of hydrogen-bond acceptors (Lipinski definition) is 4. The molecule has 0 saturated carbocycles. The Hall–Kier alpha value is -1.17. The summed E-state index contributed by atoms with van der Waals surface area (Å²) >= 11 is 13.5. The maximum absolute atomic E-state index is 12.1. The lowest BCUT2D eigenvalue weighted by Crippen LogP contribution is -2.24. The third-order valence-electron chi connectivity index (χ3n) is 3.02. The Morgan fingerprint density at radius 3 is 3.15 bits per heavy atom. The zero-order valence-electron chi connectivity index (χ0n) is 10.4. The first-order chi connectivity index (χ1) is 9.65. The number of halogens is 2. The minimum absolute atomic E-state index is 0.117. The van der Waals surface area contributed by atoms with Gasteiger partial charge in [0.15, 0.2) is 5.17 Å². The van der Waals surface area contributed by atoms with Crippen molar-refractivity contribution in [3.05, 3.63) is 39.3 Å². The minimum atomic E-state index is -0.117. The van der Waals surface area contributed by atoms with Gasteiger partial charge in [-0.2, -0.15) is 0 Å². The Morgan fingerprint density at radius 1 is 1.45 bits per heavy atom. The van der Waals surface area contributed by atoms with Gasteiger partial charge in [0.1, 0.15) is 0 Å². The third kappa shape index (κ3) is 2.66. The van der Waals surface area contributed by atoms with Gasteiger partial charge >= 0.3 is 0 Å². The molecule has 0 bridgehead atoms. The van der Waals surface area contributed by atoms with Crippen LogP contribution in [0.4, 0.5) is 5.69 Å². The summed E-state index contributed by atoms with van der Waals surface area (Å²) < 4.78 is 0. The molecule has 0 atom stereocenters. The quantitative estimate of drug-likeness (QED) is 0.922. The highest BCUT2D eigenvalue weighted by Crippen LogP contribution is 2.32. The number of nitrogens with zero attached hydrogens (tertiary/aromatic N) is 2. The molecule has 0 unspecified atom stereocenters. The molecule has 0 radical (unpaired) electrons. The van der Waals surface area contributed by atoms with Crippen LogP contribution in [-0.2, 0) is 4.79 Å². The number of rotatable bonds is 3. The van der Waals surface area contributed by atoms with Crippen LogP contribution >= 0.6 is 35.0 Å². The summed E-state index contributed by atoms with van der Waals surface area (Å²) in [4.78, 5) is 18.5. The summed E-state index contributed by atoms with van der Waals surface area (Å²) in [6.07, 6.45) is 0.300. The van der Waals surface area contributed by atoms with Gasteiger partial charge in [0.05, 0.1) is 28.7 Å². The van der Waals surface area contributed by atoms with Crippen molar-refractivity contribution in [2.24, 2.45) is 4.99 Å². The van der Waals surface area contributed by atoms with Crippen molar-refractivity contribution in [1.82, 2.24) is 4.90 Å². The SMILES string of the molecule is O=C(CC1=CSC2=NCCN12)Nc1cccc(Cl)c1Cl. The van der Waals surface area contributed by atoms with Crippen LogP contribution in [0.25, 0.3) is 0 Å². The number of carbonyl (C=O) groups excluding carboxylic acids is 1. The second kappa shape index (κ2) is 5.68. The van der Waals surface area contributed by atoms with Gasteiger partial charge < -0.3 is 10.2 Å². The predicted molar refractivity (Wildman–Crippen MR) is 84.4 cm³/mol. The monoisotopic (exact) mass is 327 g/mol. The molecule has 4 nitrogen and oxygen atoms in total. The van der Waals surface area contributed by atoms with E-state index < -0.39 is 0 Å². The van der Waals surface area contributed by atoms with E-state index in [0.29, 0.717) is 22.2 Å². The third-order valence-corrected chi connectivity index (χ3v) is 4.79. The molecule has 0 aliphatic carbocycles. The van der Waals surface area contributed by atoms with Crippen LogP contribution in [0.5, 0.6) is 0 Å². The smallest absolute Gasteiger partial charge is 0.230 e. The van der Waals surface area contributed by atoms with Gasteiger partial charge in [0, 0.05) is 12.2 Å². The van der Waals surface area contributed by atoms with Crippen molar-refractivity contribution in [2.45, 2.75) is 6.42 Å². The second-order valence-corrected chi connectivity index (χ2v) is 5.99. The molecule has 7 heteroatoms. The van der Waals surface area contributed by atoms with E-state index in [1.807, 2.05) is 5.41 Å². The highest BCUT2D eigenvalue weighted by atomic mass is 35.5. The molecule has 2 aliphatic rings. The largest absolute Gasteiger partial charge is 0.324 e. The van der Waals surface area contributed by atoms with Gasteiger partial charge in [-0.3, -0.25) is 9.79 Å². The number of anilines is 1. The molecule has 2 heterocycles. The summed E-state index contributed by atoms with van der Waals surface area (Å²) in [7, 11) is 0. The van der Waals surface area contributed by atoms with E-state index in [9.17, 15) is 4.79 Å². The highest BCUT2D eigenvalue weighted by molar-refractivity contribution is 8.16. The molecular formula is C13H11Cl2N3OS. The molecule has 0 fully saturated rings. The lowest BCUT2D eigenvalue weighted by atomic mass is 10.2. The Bertz CT molecular complexity index is 630. The lowest BCUT2D eigenvalue weighted by Gasteiger charge is -2.16. The summed E-state index contributed by atoms with van der Waals surface area (Å²) in [5, 5.41) is 6.52. The van der Waals surface area contributed by atoms with E-state index in [1.165, 1.54) is 0 Å². The maximum atomic E-state index is 12.1. The maximum Gasteiger partial charge on any atom is 0.230 e. The highest BCUT2D eigenvalue weighted by Gasteiger charge is 2.27. The molecule has 2 aliphatic heterocycles. The molecule has 20 heavy (non-hydrogen) atoms. The number of aliphatic imine (C=N–C) groups is 1. The fourth-order valence-electron chi connectivity index (χ4n) is 2.07. The van der Waals surface area contributed by atoms with Gasteiger partial charge in [-0.25, -0.2) is 0 Å². The zero-order chi connectivity index (χ0) is 14.1. The molecule has 1 aromatic carbocycles. The average molecular weight is 328 g/mol. The van der Waals surface area contributed by atoms with Crippen LogP contribution in [0, 0.1) is 0 Å². The van der Waals surface area contributed by atoms with Gasteiger partial charge in [0.2, 0.25) is 5.91 Å². The number of nitrogens with one attached hydrogen (secondary N) is 1. The number of thioether (sulfide) groups is 1. The van der Waals surface area contributed by atoms with Gasteiger partial charge in [-0.05, 0) is 17.5 Å². The molecular weight excluding hydrogens is 317 g/mol. The summed E-state index contributed by atoms with van der Waals surface area (Å²) in [6, 6.07) is 5.16. The standard InChI is InChI=1S/C13H11Cl2N3OS/c14-9-2-1-3-10(12(9)15)17-11(19)6-8-7-20-13-16-4-5-18(8)13/h1-3,7H,4-6H2,(H,17,19). The Labute approximate surface area is 130 Å². The summed E-state index contributed by atoms with van der Waals surface area (Å²) in [5.41, 5.74) is 1.51. The lowest BCUT2D eigenvalue weighted by molar-refractivity contribution is -0.115. The summed E-state index contributed by atoms with van der Waals surface area (Å²) in [6.45, 7) is 1.64. The molecule has 3 rings (SSSR count). The van der Waals surface area contributed by atoms with E-state index in [0.717, 1.165) is 24.0 Å². The Kier molecular flexibility index (Phi) is 3.92. The first kappa shape index (κ1) is 13.8. The van der Waals surface area contributed by atoms with Crippen molar-refractivity contribution in [1.29, 1.82) is 0 Å². The molecule has 0 spiro atoms. The Morgan fingerprint density at radius 2 is 2.30 bits per heavy atom. The molecule has 104 valence electrons. The summed E-state index contributed by atoms with van der Waals surface area (Å²) in [5.74, 6) is -0.117. The number of hydrogen-bond donors (Lipinski definition) is 1. The normalized spacial score (nSPS) is 16.8. The van der Waals surface area contributed by atoms with Crippen LogP contribution in [0.15, 0.2) is 34.3 Å². The van der Waals surface area contributed by atoms with Crippen LogP contribution in [0.3, 0.4) is 0 Å². The second-order valence-electron chi connectivity index (χ2n) is 4.37. The van der Waals surface area contributed by atoms with Gasteiger partial charge in [0.25, 0.3) is 0 Å². The first-order valence-electron chi connectivity index (χ1n) is 6.06. The predicted octanol–water partition coefficient (Wildman–Crippen LogP) is 3.58. The van der Waals surface area contributed by atoms with Crippen molar-refractivity contribution in [3.8, 4) is 0 Å². The first-order valence-corrected chi connectivity index (χ1v) is 7.70. The van der Waals surface area contributed by atoms with Crippen molar-refractivity contribution in [2.75, 3.05) is 18.4 Å². The van der Waals surface area contributed by atoms with E-state index in [1.54, 1.807) is 30.0 Å². The van der Waals surface area contributed by atoms with Crippen molar-refractivity contribution in [3.63, 3.8) is 0 Å². The van der Waals surface area contributed by atoms with Crippen LogP contribution in [0.2, 0.25) is 10.0 Å². The topological polar surface area (TPSA) is 44.7 Å². The fraction of sp³-hybridized carbons (Fsp3) is 0.231. The van der Waals surface area contributed by atoms with E-state index >= 15 is 0 Å². The van der Waals surface area contributed by atoms with Crippen LogP contribution in [-0.4, -0.2) is 29.1 Å². The van der Waals surface area contributed by atoms with Crippen LogP contribution < -0.4 is 5.32 Å². The fourth-order valence-corrected chi connectivity index (χ4v) is 3.38. The molecule has 1 N–H and O–H groups in total. The van der Waals surface area contributed by atoms with Crippen molar-refractivity contribution >= 4 is 51.7 Å². The molecule has 1 aromatic rings. The van der Waals surface area contributed by atoms with Gasteiger partial charge in [-0.15, -0.1) is 0 Å². The zero-order valence-corrected chi connectivity index (χ0v) is 12.7. The number of fused-ring (bicyclic) bond motifs is 1. The van der Waals surface area contributed by atoms with Crippen LogP contribution in [0.1, 0.15) is 6.42 Å².